The summed E-state index contributed by atoms with van der Waals surface area (Å²) in [5, 5.41) is 2.33. The fourth-order valence-electron chi connectivity index (χ4n) is 2.76. The number of alkyl halides is 3. The second kappa shape index (κ2) is 7.59. The SMILES string of the molecule is Cc1cccc(C)c1C[C@@H](NC(=O)c1ccccc1C(F)(F)F)C(N)=O. The van der Waals surface area contributed by atoms with Crippen LogP contribution in [0.5, 0.6) is 0 Å². The van der Waals surface area contributed by atoms with Crippen molar-refractivity contribution >= 4 is 11.8 Å². The standard InChI is InChI=1S/C19H19F3N2O2/c1-11-6-5-7-12(2)14(11)10-16(17(23)25)24-18(26)13-8-3-4-9-15(13)19(20,21)22/h3-9,16H,10H2,1-2H3,(H2,23,25)(H,24,26)/t16-/m1/s1. The van der Waals surface area contributed by atoms with Gasteiger partial charge in [-0.25, -0.2) is 0 Å². The number of nitrogens with two attached hydrogens (primary N) is 1. The summed E-state index contributed by atoms with van der Waals surface area (Å²) >= 11 is 0. The van der Waals surface area contributed by atoms with Gasteiger partial charge in [-0.05, 0) is 42.7 Å². The van der Waals surface area contributed by atoms with Crippen LogP contribution in [-0.4, -0.2) is 17.9 Å². The van der Waals surface area contributed by atoms with Gasteiger partial charge in [0.25, 0.3) is 5.91 Å². The van der Waals surface area contributed by atoms with Crippen LogP contribution in [0.2, 0.25) is 0 Å². The number of rotatable bonds is 5. The maximum absolute atomic E-state index is 13.1. The lowest BCUT2D eigenvalue weighted by Crippen LogP contribution is -2.46. The number of halogens is 3. The predicted molar refractivity (Wildman–Crippen MR) is 91.5 cm³/mol. The van der Waals surface area contributed by atoms with E-state index in [1.807, 2.05) is 32.0 Å². The number of nitrogens with one attached hydrogen (secondary N) is 1. The van der Waals surface area contributed by atoms with Crippen LogP contribution in [0.1, 0.15) is 32.6 Å². The van der Waals surface area contributed by atoms with Crippen molar-refractivity contribution in [3.8, 4) is 0 Å². The molecule has 0 aliphatic heterocycles. The maximum Gasteiger partial charge on any atom is 0.417 e. The molecule has 0 bridgehead atoms. The molecule has 7 heteroatoms. The Bertz CT molecular complexity index is 812. The van der Waals surface area contributed by atoms with Gasteiger partial charge in [-0.15, -0.1) is 0 Å². The minimum atomic E-state index is -4.68. The van der Waals surface area contributed by atoms with Crippen molar-refractivity contribution in [1.82, 2.24) is 5.32 Å². The lowest BCUT2D eigenvalue weighted by Gasteiger charge is -2.19. The monoisotopic (exact) mass is 364 g/mol. The number of hydrogen-bond acceptors (Lipinski definition) is 2. The highest BCUT2D eigenvalue weighted by Crippen LogP contribution is 2.31. The summed E-state index contributed by atoms with van der Waals surface area (Å²) in [6.45, 7) is 3.70. The largest absolute Gasteiger partial charge is 0.417 e. The molecule has 26 heavy (non-hydrogen) atoms. The normalized spacial score (nSPS) is 12.5. The lowest BCUT2D eigenvalue weighted by atomic mass is 9.95. The van der Waals surface area contributed by atoms with E-state index in [2.05, 4.69) is 5.32 Å². The third kappa shape index (κ3) is 4.41. The lowest BCUT2D eigenvalue weighted by molar-refractivity contribution is -0.137. The minimum absolute atomic E-state index is 0.105. The van der Waals surface area contributed by atoms with Crippen LogP contribution in [0.25, 0.3) is 0 Å². The van der Waals surface area contributed by atoms with Gasteiger partial charge in [0.05, 0.1) is 11.1 Å². The zero-order valence-corrected chi connectivity index (χ0v) is 14.4. The molecule has 0 aliphatic rings. The summed E-state index contributed by atoms with van der Waals surface area (Å²) < 4.78 is 39.3. The van der Waals surface area contributed by atoms with Gasteiger partial charge < -0.3 is 11.1 Å². The molecule has 2 amide bonds. The first-order valence-corrected chi connectivity index (χ1v) is 7.92. The molecule has 2 aromatic rings. The Balaban J connectivity index is 2.29. The molecule has 2 rings (SSSR count). The molecule has 0 unspecified atom stereocenters. The van der Waals surface area contributed by atoms with Gasteiger partial charge in [-0.2, -0.15) is 13.2 Å². The first kappa shape index (κ1) is 19.5. The number of primary amides is 1. The van der Waals surface area contributed by atoms with Gasteiger partial charge >= 0.3 is 6.18 Å². The van der Waals surface area contributed by atoms with E-state index in [-0.39, 0.29) is 6.42 Å². The quantitative estimate of drug-likeness (QED) is 0.856. The zero-order chi connectivity index (χ0) is 19.5. The summed E-state index contributed by atoms with van der Waals surface area (Å²) in [6, 6.07) is 8.84. The summed E-state index contributed by atoms with van der Waals surface area (Å²) in [4.78, 5) is 24.1. The van der Waals surface area contributed by atoms with E-state index in [9.17, 15) is 22.8 Å². The summed E-state index contributed by atoms with van der Waals surface area (Å²) in [5.74, 6) is -1.81. The Hall–Kier alpha value is -2.83. The molecule has 4 nitrogen and oxygen atoms in total. The molecule has 1 atom stereocenters. The highest BCUT2D eigenvalue weighted by atomic mass is 19.4. The first-order valence-electron chi connectivity index (χ1n) is 7.92. The molecule has 0 aliphatic carbocycles. The third-order valence-electron chi connectivity index (χ3n) is 4.18. The Labute approximate surface area is 149 Å². The Morgan fingerprint density at radius 2 is 1.62 bits per heavy atom. The number of amides is 2. The minimum Gasteiger partial charge on any atom is -0.368 e. The van der Waals surface area contributed by atoms with Crippen molar-refractivity contribution < 1.29 is 22.8 Å². The number of aryl methyl sites for hydroxylation is 2. The molecule has 2 aromatic carbocycles. The van der Waals surface area contributed by atoms with E-state index in [1.54, 1.807) is 0 Å². The van der Waals surface area contributed by atoms with Crippen molar-refractivity contribution in [2.24, 2.45) is 5.73 Å². The molecular formula is C19H19F3N2O2. The van der Waals surface area contributed by atoms with Crippen LogP contribution in [0.15, 0.2) is 42.5 Å². The van der Waals surface area contributed by atoms with Gasteiger partial charge in [-0.3, -0.25) is 9.59 Å². The first-order chi connectivity index (χ1) is 12.1. The van der Waals surface area contributed by atoms with E-state index < -0.39 is 35.2 Å². The van der Waals surface area contributed by atoms with Crippen molar-refractivity contribution in [3.63, 3.8) is 0 Å². The van der Waals surface area contributed by atoms with Crippen molar-refractivity contribution in [1.29, 1.82) is 0 Å². The molecule has 0 spiro atoms. The van der Waals surface area contributed by atoms with Gasteiger partial charge in [0, 0.05) is 6.42 Å². The van der Waals surface area contributed by atoms with Crippen LogP contribution in [0.3, 0.4) is 0 Å². The molecular weight excluding hydrogens is 345 g/mol. The average Bonchev–Trinajstić information content (AvgIpc) is 2.56. The van der Waals surface area contributed by atoms with Crippen molar-refractivity contribution in [2.45, 2.75) is 32.5 Å². The smallest absolute Gasteiger partial charge is 0.368 e. The average molecular weight is 364 g/mol. The summed E-state index contributed by atoms with van der Waals surface area (Å²) in [5.41, 5.74) is 6.38. The van der Waals surface area contributed by atoms with Crippen molar-refractivity contribution in [2.75, 3.05) is 0 Å². The molecule has 0 aromatic heterocycles. The van der Waals surface area contributed by atoms with E-state index in [0.717, 1.165) is 28.8 Å². The van der Waals surface area contributed by atoms with Crippen LogP contribution < -0.4 is 11.1 Å². The molecule has 0 heterocycles. The highest BCUT2D eigenvalue weighted by Gasteiger charge is 2.35. The van der Waals surface area contributed by atoms with Crippen LogP contribution in [0.4, 0.5) is 13.2 Å². The van der Waals surface area contributed by atoms with Gasteiger partial charge in [0.1, 0.15) is 6.04 Å². The molecule has 0 fully saturated rings. The van der Waals surface area contributed by atoms with Crippen LogP contribution in [0, 0.1) is 13.8 Å². The van der Waals surface area contributed by atoms with E-state index >= 15 is 0 Å². The van der Waals surface area contributed by atoms with Crippen molar-refractivity contribution in [3.05, 3.63) is 70.3 Å². The van der Waals surface area contributed by atoms with Gasteiger partial charge in [0.15, 0.2) is 0 Å². The molecule has 3 N–H and O–H groups in total. The Kier molecular flexibility index (Phi) is 5.69. The maximum atomic E-state index is 13.1. The Morgan fingerprint density at radius 1 is 1.04 bits per heavy atom. The number of hydrogen-bond donors (Lipinski definition) is 2. The number of carbonyl (C=O) groups excluding carboxylic acids is 2. The highest BCUT2D eigenvalue weighted by molar-refractivity contribution is 5.98. The Morgan fingerprint density at radius 3 is 2.15 bits per heavy atom. The zero-order valence-electron chi connectivity index (χ0n) is 14.4. The summed E-state index contributed by atoms with van der Waals surface area (Å²) in [6.07, 6.45) is -4.57. The molecule has 138 valence electrons. The topological polar surface area (TPSA) is 72.2 Å². The van der Waals surface area contributed by atoms with Crippen LogP contribution in [-0.2, 0) is 17.4 Å². The van der Waals surface area contributed by atoms with Crippen LogP contribution >= 0.6 is 0 Å². The van der Waals surface area contributed by atoms with Gasteiger partial charge in [-0.1, -0.05) is 30.3 Å². The van der Waals surface area contributed by atoms with E-state index in [1.165, 1.54) is 12.1 Å². The van der Waals surface area contributed by atoms with Gasteiger partial charge in [0.2, 0.25) is 5.91 Å². The molecule has 0 radical (unpaired) electrons. The third-order valence-corrected chi connectivity index (χ3v) is 4.18. The molecule has 0 saturated carbocycles. The fraction of sp³-hybridized carbons (Fsp3) is 0.263. The van der Waals surface area contributed by atoms with E-state index in [0.29, 0.717) is 0 Å². The summed E-state index contributed by atoms with van der Waals surface area (Å²) in [7, 11) is 0. The number of carbonyl (C=O) groups is 2. The fourth-order valence-corrected chi connectivity index (χ4v) is 2.76. The second-order valence-corrected chi connectivity index (χ2v) is 6.05. The molecule has 0 saturated heterocycles. The second-order valence-electron chi connectivity index (χ2n) is 6.05. The number of benzene rings is 2. The van der Waals surface area contributed by atoms with E-state index in [4.69, 9.17) is 5.73 Å². The predicted octanol–water partition coefficient (Wildman–Crippen LogP) is 3.15.